The number of fused-ring (bicyclic) bond motifs is 1. The zero-order valence-corrected chi connectivity index (χ0v) is 6.99. The summed E-state index contributed by atoms with van der Waals surface area (Å²) in [4.78, 5) is 3.14. The second-order valence-electron chi connectivity index (χ2n) is 2.75. The highest BCUT2D eigenvalue weighted by Crippen LogP contribution is 2.17. The van der Waals surface area contributed by atoms with Gasteiger partial charge in [0.15, 0.2) is 0 Å². The van der Waals surface area contributed by atoms with Gasteiger partial charge in [0.05, 0.1) is 11.6 Å². The molecule has 2 nitrogen and oxygen atoms in total. The Labute approximate surface area is 76.1 Å². The standard InChI is InChI=1S/C11H8N2/c12-7-2-5-9-3-1-4-10-6-8-13-11(9)10/h1-6,8,13H/b5-2+. The van der Waals surface area contributed by atoms with Gasteiger partial charge < -0.3 is 4.98 Å². The van der Waals surface area contributed by atoms with Gasteiger partial charge >= 0.3 is 0 Å². The number of nitrogens with zero attached hydrogens (tertiary/aromatic N) is 1. The molecular formula is C11H8N2. The second-order valence-corrected chi connectivity index (χ2v) is 2.75. The van der Waals surface area contributed by atoms with Gasteiger partial charge in [0.25, 0.3) is 0 Å². The number of allylic oxidation sites excluding steroid dienone is 1. The van der Waals surface area contributed by atoms with Crippen molar-refractivity contribution in [2.45, 2.75) is 0 Å². The summed E-state index contributed by atoms with van der Waals surface area (Å²) in [5.74, 6) is 0. The molecular weight excluding hydrogens is 160 g/mol. The van der Waals surface area contributed by atoms with Gasteiger partial charge in [-0.25, -0.2) is 0 Å². The predicted molar refractivity (Wildman–Crippen MR) is 52.9 cm³/mol. The van der Waals surface area contributed by atoms with E-state index in [1.54, 1.807) is 6.08 Å². The average Bonchev–Trinajstić information content (AvgIpc) is 2.62. The molecule has 62 valence electrons. The fraction of sp³-hybridized carbons (Fsp3) is 0. The summed E-state index contributed by atoms with van der Waals surface area (Å²) >= 11 is 0. The van der Waals surface area contributed by atoms with Crippen molar-refractivity contribution in [1.82, 2.24) is 4.98 Å². The van der Waals surface area contributed by atoms with E-state index in [9.17, 15) is 0 Å². The van der Waals surface area contributed by atoms with E-state index in [0.717, 1.165) is 11.1 Å². The minimum Gasteiger partial charge on any atom is -0.361 e. The molecule has 0 atom stereocenters. The molecule has 1 aromatic carbocycles. The number of aromatic nitrogens is 1. The lowest BCUT2D eigenvalue weighted by molar-refractivity contribution is 1.47. The molecule has 2 heteroatoms. The molecule has 1 heterocycles. The van der Waals surface area contributed by atoms with Gasteiger partial charge in [0.1, 0.15) is 0 Å². The van der Waals surface area contributed by atoms with Crippen molar-refractivity contribution in [2.24, 2.45) is 0 Å². The van der Waals surface area contributed by atoms with Gasteiger partial charge in [0, 0.05) is 12.3 Å². The molecule has 0 bridgehead atoms. The summed E-state index contributed by atoms with van der Waals surface area (Å²) in [7, 11) is 0. The van der Waals surface area contributed by atoms with Crippen molar-refractivity contribution < 1.29 is 0 Å². The van der Waals surface area contributed by atoms with E-state index in [2.05, 4.69) is 4.98 Å². The molecule has 0 aliphatic carbocycles. The molecule has 0 amide bonds. The number of aromatic amines is 1. The van der Waals surface area contributed by atoms with Crippen molar-refractivity contribution in [1.29, 1.82) is 5.26 Å². The summed E-state index contributed by atoms with van der Waals surface area (Å²) in [6.07, 6.45) is 5.18. The Kier molecular flexibility index (Phi) is 1.85. The second kappa shape index (κ2) is 3.16. The van der Waals surface area contributed by atoms with Crippen LogP contribution in [0.4, 0.5) is 0 Å². The molecule has 0 spiro atoms. The van der Waals surface area contributed by atoms with Crippen LogP contribution < -0.4 is 0 Å². The number of nitrogens with one attached hydrogen (secondary N) is 1. The molecule has 0 saturated carbocycles. The Hall–Kier alpha value is -2.01. The summed E-state index contributed by atoms with van der Waals surface area (Å²) < 4.78 is 0. The highest BCUT2D eigenvalue weighted by atomic mass is 14.7. The molecule has 0 radical (unpaired) electrons. The zero-order valence-electron chi connectivity index (χ0n) is 6.99. The first kappa shape index (κ1) is 7.63. The largest absolute Gasteiger partial charge is 0.361 e. The lowest BCUT2D eigenvalue weighted by atomic mass is 10.1. The number of benzene rings is 1. The van der Waals surface area contributed by atoms with Crippen LogP contribution in [0.3, 0.4) is 0 Å². The molecule has 1 aromatic heterocycles. The molecule has 2 rings (SSSR count). The fourth-order valence-electron chi connectivity index (χ4n) is 1.38. The SMILES string of the molecule is N#C/C=C/c1cccc2cc[nH]c12. The van der Waals surface area contributed by atoms with Gasteiger partial charge in [0.2, 0.25) is 0 Å². The molecule has 0 aliphatic rings. The van der Waals surface area contributed by atoms with Crippen LogP contribution in [0.15, 0.2) is 36.5 Å². The number of hydrogen-bond donors (Lipinski definition) is 1. The fourth-order valence-corrected chi connectivity index (χ4v) is 1.38. The van der Waals surface area contributed by atoms with E-state index in [4.69, 9.17) is 5.26 Å². The Morgan fingerprint density at radius 1 is 1.31 bits per heavy atom. The summed E-state index contributed by atoms with van der Waals surface area (Å²) in [6.45, 7) is 0. The van der Waals surface area contributed by atoms with Gasteiger partial charge in [-0.15, -0.1) is 0 Å². The lowest BCUT2D eigenvalue weighted by Crippen LogP contribution is -1.74. The van der Waals surface area contributed by atoms with E-state index < -0.39 is 0 Å². The van der Waals surface area contributed by atoms with Gasteiger partial charge in [-0.2, -0.15) is 5.26 Å². The van der Waals surface area contributed by atoms with Gasteiger partial charge in [-0.3, -0.25) is 0 Å². The highest BCUT2D eigenvalue weighted by Gasteiger charge is 1.96. The van der Waals surface area contributed by atoms with Gasteiger partial charge in [-0.05, 0) is 23.1 Å². The number of rotatable bonds is 1. The third kappa shape index (κ3) is 1.32. The van der Waals surface area contributed by atoms with Crippen molar-refractivity contribution in [2.75, 3.05) is 0 Å². The Balaban J connectivity index is 2.62. The Bertz CT molecular complexity index is 486. The molecule has 0 unspecified atom stereocenters. The third-order valence-corrected chi connectivity index (χ3v) is 1.96. The van der Waals surface area contributed by atoms with Crippen molar-refractivity contribution in [3.63, 3.8) is 0 Å². The maximum atomic E-state index is 8.40. The lowest BCUT2D eigenvalue weighted by Gasteiger charge is -1.94. The van der Waals surface area contributed by atoms with Crippen LogP contribution in [0.1, 0.15) is 5.56 Å². The van der Waals surface area contributed by atoms with Gasteiger partial charge in [-0.1, -0.05) is 18.2 Å². The maximum Gasteiger partial charge on any atom is 0.0912 e. The highest BCUT2D eigenvalue weighted by molar-refractivity contribution is 5.87. The smallest absolute Gasteiger partial charge is 0.0912 e. The first-order chi connectivity index (χ1) is 6.42. The number of para-hydroxylation sites is 1. The van der Waals surface area contributed by atoms with Crippen LogP contribution in [0.5, 0.6) is 0 Å². The van der Waals surface area contributed by atoms with E-state index in [0.29, 0.717) is 0 Å². The third-order valence-electron chi connectivity index (χ3n) is 1.96. The monoisotopic (exact) mass is 168 g/mol. The molecule has 1 N–H and O–H groups in total. The molecule has 0 saturated heterocycles. The molecule has 0 aliphatic heterocycles. The van der Waals surface area contributed by atoms with Crippen LogP contribution in [0.2, 0.25) is 0 Å². The topological polar surface area (TPSA) is 39.6 Å². The van der Waals surface area contributed by atoms with Crippen molar-refractivity contribution >= 4 is 17.0 Å². The summed E-state index contributed by atoms with van der Waals surface area (Å²) in [6, 6.07) is 9.99. The van der Waals surface area contributed by atoms with Crippen LogP contribution in [0.25, 0.3) is 17.0 Å². The molecule has 13 heavy (non-hydrogen) atoms. The number of hydrogen-bond acceptors (Lipinski definition) is 1. The number of nitriles is 1. The van der Waals surface area contributed by atoms with Crippen molar-refractivity contribution in [3.8, 4) is 6.07 Å². The quantitative estimate of drug-likeness (QED) is 0.653. The van der Waals surface area contributed by atoms with Crippen LogP contribution in [0, 0.1) is 11.3 Å². The van der Waals surface area contributed by atoms with E-state index in [1.165, 1.54) is 11.5 Å². The van der Waals surface area contributed by atoms with E-state index in [-0.39, 0.29) is 0 Å². The normalized spacial score (nSPS) is 10.7. The first-order valence-corrected chi connectivity index (χ1v) is 4.04. The number of H-pyrrole nitrogens is 1. The Morgan fingerprint density at radius 3 is 3.08 bits per heavy atom. The summed E-state index contributed by atoms with van der Waals surface area (Å²) in [5.41, 5.74) is 2.12. The minimum absolute atomic E-state index is 1.05. The maximum absolute atomic E-state index is 8.40. The minimum atomic E-state index is 1.05. The Morgan fingerprint density at radius 2 is 2.23 bits per heavy atom. The van der Waals surface area contributed by atoms with E-state index in [1.807, 2.05) is 36.5 Å². The molecule has 2 aromatic rings. The van der Waals surface area contributed by atoms with Crippen LogP contribution in [-0.4, -0.2) is 4.98 Å². The first-order valence-electron chi connectivity index (χ1n) is 4.04. The zero-order chi connectivity index (χ0) is 9.10. The van der Waals surface area contributed by atoms with E-state index >= 15 is 0 Å². The van der Waals surface area contributed by atoms with Crippen LogP contribution in [-0.2, 0) is 0 Å². The van der Waals surface area contributed by atoms with Crippen molar-refractivity contribution in [3.05, 3.63) is 42.1 Å². The summed E-state index contributed by atoms with van der Waals surface area (Å²) in [5, 5.41) is 9.57. The van der Waals surface area contributed by atoms with Crippen LogP contribution >= 0.6 is 0 Å². The molecule has 0 fully saturated rings. The average molecular weight is 168 g/mol. The predicted octanol–water partition coefficient (Wildman–Crippen LogP) is 2.70.